The van der Waals surface area contributed by atoms with Crippen LogP contribution in [-0.2, 0) is 41.6 Å². The van der Waals surface area contributed by atoms with Crippen LogP contribution in [0.25, 0.3) is 0 Å². The highest BCUT2D eigenvalue weighted by Crippen LogP contribution is 2.24. The van der Waals surface area contributed by atoms with E-state index in [2.05, 4.69) is 0 Å². The monoisotopic (exact) mass is 488 g/mol. The van der Waals surface area contributed by atoms with Crippen LogP contribution in [0, 0.1) is 5.82 Å². The summed E-state index contributed by atoms with van der Waals surface area (Å²) in [6.45, 7) is 3.50. The summed E-state index contributed by atoms with van der Waals surface area (Å²) >= 11 is 0. The van der Waals surface area contributed by atoms with Gasteiger partial charge >= 0.3 is 11.9 Å². The summed E-state index contributed by atoms with van der Waals surface area (Å²) < 4.78 is 41.5. The average molecular weight is 489 g/mol. The van der Waals surface area contributed by atoms with E-state index in [-0.39, 0.29) is 43.2 Å². The van der Waals surface area contributed by atoms with Gasteiger partial charge in [-0.15, -0.1) is 0 Å². The first-order valence-electron chi connectivity index (χ1n) is 11.9. The lowest BCUT2D eigenvalue weighted by molar-refractivity contribution is -0.229. The van der Waals surface area contributed by atoms with Gasteiger partial charge in [0.15, 0.2) is 6.29 Å². The highest BCUT2D eigenvalue weighted by atomic mass is 19.1. The van der Waals surface area contributed by atoms with Crippen LogP contribution in [-0.4, -0.2) is 43.7 Å². The van der Waals surface area contributed by atoms with Gasteiger partial charge in [-0.05, 0) is 43.0 Å². The molecule has 2 aromatic rings. The van der Waals surface area contributed by atoms with E-state index < -0.39 is 6.29 Å². The molecule has 2 aromatic carbocycles. The second-order valence-corrected chi connectivity index (χ2v) is 8.55. The average Bonchev–Trinajstić information content (AvgIpc) is 2.82. The topological polar surface area (TPSA) is 80.3 Å². The highest BCUT2D eigenvalue weighted by molar-refractivity contribution is 5.66. The van der Waals surface area contributed by atoms with Crippen molar-refractivity contribution in [1.29, 1.82) is 0 Å². The van der Waals surface area contributed by atoms with Crippen molar-refractivity contribution < 1.29 is 37.7 Å². The molecule has 7 nitrogen and oxygen atoms in total. The fourth-order valence-electron chi connectivity index (χ4n) is 3.86. The summed E-state index contributed by atoms with van der Waals surface area (Å²) in [4.78, 5) is 22.4. The molecular formula is C27H33FO7. The molecular weight excluding hydrogens is 455 g/mol. The summed E-state index contributed by atoms with van der Waals surface area (Å²) in [7, 11) is 0. The van der Waals surface area contributed by atoms with Crippen LogP contribution < -0.4 is 4.74 Å². The first-order valence-corrected chi connectivity index (χ1v) is 11.9. The standard InChI is InChI=1S/C27H33FO7/c1-19(29)32-18-25-15-24(34-20(2)30)16-27(35-25)31-14-6-5-7-21-10-12-23(13-11-21)33-17-22-8-3-4-9-26(22)28/h3-4,8-13,24-25,27H,5-7,14-18H2,1-2H3/t24-,25-,27+/m0/s1. The molecule has 0 saturated carbocycles. The second kappa shape index (κ2) is 13.8. The Kier molecular flexibility index (Phi) is 10.5. The van der Waals surface area contributed by atoms with E-state index in [0.29, 0.717) is 30.8 Å². The van der Waals surface area contributed by atoms with Crippen LogP contribution in [0.4, 0.5) is 4.39 Å². The van der Waals surface area contributed by atoms with Crippen LogP contribution >= 0.6 is 0 Å². The number of carbonyl (C=O) groups is 2. The third-order valence-electron chi connectivity index (χ3n) is 5.57. The third-order valence-corrected chi connectivity index (χ3v) is 5.57. The lowest BCUT2D eigenvalue weighted by Crippen LogP contribution is -2.41. The van der Waals surface area contributed by atoms with E-state index in [1.165, 1.54) is 25.5 Å². The maximum Gasteiger partial charge on any atom is 0.302 e. The fourth-order valence-corrected chi connectivity index (χ4v) is 3.86. The Balaban J connectivity index is 1.36. The summed E-state index contributed by atoms with van der Waals surface area (Å²) in [5.74, 6) is -0.317. The number of ether oxygens (including phenoxy) is 5. The first-order chi connectivity index (χ1) is 16.9. The van der Waals surface area contributed by atoms with Gasteiger partial charge in [-0.3, -0.25) is 9.59 Å². The molecule has 1 saturated heterocycles. The molecule has 1 fully saturated rings. The smallest absolute Gasteiger partial charge is 0.302 e. The largest absolute Gasteiger partial charge is 0.489 e. The van der Waals surface area contributed by atoms with E-state index in [0.717, 1.165) is 19.3 Å². The molecule has 0 amide bonds. The molecule has 0 radical (unpaired) electrons. The van der Waals surface area contributed by atoms with Crippen molar-refractivity contribution in [3.05, 3.63) is 65.5 Å². The molecule has 3 rings (SSSR count). The number of carbonyl (C=O) groups excluding carboxylic acids is 2. The number of benzene rings is 2. The number of rotatable bonds is 12. The molecule has 0 N–H and O–H groups in total. The SMILES string of the molecule is CC(=O)OC[C@@H]1C[C@H](OC(C)=O)C[C@H](OCCCCc2ccc(OCc3ccccc3F)cc2)O1. The van der Waals surface area contributed by atoms with Crippen LogP contribution in [0.2, 0.25) is 0 Å². The van der Waals surface area contributed by atoms with Gasteiger partial charge in [0, 0.05) is 38.9 Å². The van der Waals surface area contributed by atoms with Crippen molar-refractivity contribution in [2.24, 2.45) is 0 Å². The molecule has 3 atom stereocenters. The predicted molar refractivity (Wildman–Crippen MR) is 126 cm³/mol. The van der Waals surface area contributed by atoms with Gasteiger partial charge in [0.05, 0.1) is 6.10 Å². The number of hydrogen-bond acceptors (Lipinski definition) is 7. The van der Waals surface area contributed by atoms with Crippen LogP contribution in [0.3, 0.4) is 0 Å². The molecule has 8 heteroatoms. The maximum absolute atomic E-state index is 13.7. The molecule has 0 aromatic heterocycles. The molecule has 0 spiro atoms. The molecule has 1 heterocycles. The van der Waals surface area contributed by atoms with Crippen LogP contribution in [0.1, 0.15) is 50.7 Å². The summed E-state index contributed by atoms with van der Waals surface area (Å²) in [5, 5.41) is 0. The van der Waals surface area contributed by atoms with Crippen molar-refractivity contribution >= 4 is 11.9 Å². The summed E-state index contributed by atoms with van der Waals surface area (Å²) in [5.41, 5.74) is 1.70. The Morgan fingerprint density at radius 2 is 1.77 bits per heavy atom. The van der Waals surface area contributed by atoms with Crippen molar-refractivity contribution in [1.82, 2.24) is 0 Å². The quantitative estimate of drug-likeness (QED) is 0.315. The number of esters is 2. The number of unbranched alkanes of at least 4 members (excludes halogenated alkanes) is 1. The Morgan fingerprint density at radius 1 is 1.00 bits per heavy atom. The zero-order valence-electron chi connectivity index (χ0n) is 20.2. The van der Waals surface area contributed by atoms with E-state index in [4.69, 9.17) is 23.7 Å². The lowest BCUT2D eigenvalue weighted by atomic mass is 10.1. The van der Waals surface area contributed by atoms with Crippen LogP contribution in [0.15, 0.2) is 48.5 Å². The minimum Gasteiger partial charge on any atom is -0.489 e. The number of halogens is 1. The van der Waals surface area contributed by atoms with Gasteiger partial charge in [0.2, 0.25) is 0 Å². The minimum absolute atomic E-state index is 0.104. The molecule has 190 valence electrons. The normalized spacial score (nSPS) is 19.7. The summed E-state index contributed by atoms with van der Waals surface area (Å²) in [6.07, 6.45) is 2.33. The number of hydrogen-bond donors (Lipinski definition) is 0. The van der Waals surface area contributed by atoms with Gasteiger partial charge in [0.25, 0.3) is 0 Å². The van der Waals surface area contributed by atoms with Crippen molar-refractivity contribution in [3.63, 3.8) is 0 Å². The van der Waals surface area contributed by atoms with E-state index in [9.17, 15) is 14.0 Å². The van der Waals surface area contributed by atoms with Crippen LogP contribution in [0.5, 0.6) is 5.75 Å². The minimum atomic E-state index is -0.514. The third kappa shape index (κ3) is 9.66. The molecule has 0 aliphatic carbocycles. The Hall–Kier alpha value is -2.97. The highest BCUT2D eigenvalue weighted by Gasteiger charge is 2.32. The second-order valence-electron chi connectivity index (χ2n) is 8.55. The van der Waals surface area contributed by atoms with Crippen molar-refractivity contribution in [2.75, 3.05) is 13.2 Å². The Morgan fingerprint density at radius 3 is 2.49 bits per heavy atom. The van der Waals surface area contributed by atoms with Gasteiger partial charge in [-0.1, -0.05) is 30.3 Å². The molecule has 1 aliphatic rings. The predicted octanol–water partition coefficient (Wildman–Crippen LogP) is 4.74. The zero-order chi connectivity index (χ0) is 25.0. The first kappa shape index (κ1) is 26.6. The van der Waals surface area contributed by atoms with Gasteiger partial charge in [-0.2, -0.15) is 0 Å². The Labute approximate surface area is 205 Å². The lowest BCUT2D eigenvalue weighted by Gasteiger charge is -2.34. The summed E-state index contributed by atoms with van der Waals surface area (Å²) in [6, 6.07) is 14.4. The molecule has 0 unspecified atom stereocenters. The van der Waals surface area contributed by atoms with Gasteiger partial charge in [-0.25, -0.2) is 4.39 Å². The van der Waals surface area contributed by atoms with E-state index in [1.807, 2.05) is 24.3 Å². The fraction of sp³-hybridized carbons (Fsp3) is 0.481. The number of aryl methyl sites for hydroxylation is 1. The zero-order valence-corrected chi connectivity index (χ0v) is 20.2. The Bertz CT molecular complexity index is 947. The van der Waals surface area contributed by atoms with E-state index >= 15 is 0 Å². The van der Waals surface area contributed by atoms with Crippen molar-refractivity contribution in [2.45, 2.75) is 71.1 Å². The molecule has 1 aliphatic heterocycles. The maximum atomic E-state index is 13.7. The van der Waals surface area contributed by atoms with E-state index in [1.54, 1.807) is 18.2 Å². The molecule has 0 bridgehead atoms. The molecule has 35 heavy (non-hydrogen) atoms. The van der Waals surface area contributed by atoms with Crippen molar-refractivity contribution in [3.8, 4) is 5.75 Å². The van der Waals surface area contributed by atoms with Gasteiger partial charge in [0.1, 0.15) is 30.9 Å². The van der Waals surface area contributed by atoms with Gasteiger partial charge < -0.3 is 23.7 Å².